The molecule has 4 heterocycles. The Balaban J connectivity index is 1.46. The van der Waals surface area contributed by atoms with Crippen LogP contribution in [-0.4, -0.2) is 83.1 Å². The SMILES string of the molecule is Cc1c(C(=O)NCCN2CCOCC2)sc2ncn(CC(=O)N3CCCCC3C)c(=O)c12. The van der Waals surface area contributed by atoms with Gasteiger partial charge in [0.2, 0.25) is 5.91 Å². The van der Waals surface area contributed by atoms with Gasteiger partial charge in [0.1, 0.15) is 11.4 Å². The highest BCUT2D eigenvalue weighted by Crippen LogP contribution is 2.26. The molecule has 9 nitrogen and oxygen atoms in total. The third-order valence-electron chi connectivity index (χ3n) is 6.37. The predicted molar refractivity (Wildman–Crippen MR) is 123 cm³/mol. The zero-order valence-corrected chi connectivity index (χ0v) is 19.6. The van der Waals surface area contributed by atoms with Crippen LogP contribution in [0.25, 0.3) is 10.2 Å². The van der Waals surface area contributed by atoms with E-state index in [1.165, 1.54) is 22.2 Å². The van der Waals surface area contributed by atoms with Crippen LogP contribution < -0.4 is 10.9 Å². The van der Waals surface area contributed by atoms with E-state index in [1.54, 1.807) is 6.92 Å². The summed E-state index contributed by atoms with van der Waals surface area (Å²) in [5.41, 5.74) is 0.355. The van der Waals surface area contributed by atoms with Crippen LogP contribution in [0.15, 0.2) is 11.1 Å². The first-order chi connectivity index (χ1) is 15.5. The van der Waals surface area contributed by atoms with E-state index in [4.69, 9.17) is 4.74 Å². The fraction of sp³-hybridized carbons (Fsp3) is 0.636. The number of rotatable bonds is 6. The molecule has 0 saturated carbocycles. The number of piperidine rings is 1. The molecule has 4 rings (SSSR count). The van der Waals surface area contributed by atoms with E-state index in [0.29, 0.717) is 27.2 Å². The molecule has 174 valence electrons. The normalized spacial score (nSPS) is 19.9. The number of ether oxygens (including phenoxy) is 1. The van der Waals surface area contributed by atoms with Crippen molar-refractivity contribution < 1.29 is 14.3 Å². The van der Waals surface area contributed by atoms with Gasteiger partial charge in [-0.3, -0.25) is 23.9 Å². The summed E-state index contributed by atoms with van der Waals surface area (Å²) in [5.74, 6) is -0.252. The Bertz CT molecular complexity index is 1040. The Hall–Kier alpha value is -2.30. The summed E-state index contributed by atoms with van der Waals surface area (Å²) in [6, 6.07) is 0.194. The number of thiophene rings is 1. The van der Waals surface area contributed by atoms with E-state index in [0.717, 1.165) is 58.7 Å². The zero-order valence-electron chi connectivity index (χ0n) is 18.8. The third-order valence-corrected chi connectivity index (χ3v) is 7.57. The molecule has 2 fully saturated rings. The maximum atomic E-state index is 13.1. The van der Waals surface area contributed by atoms with E-state index < -0.39 is 0 Å². The molecule has 0 bridgehead atoms. The number of fused-ring (bicyclic) bond motifs is 1. The van der Waals surface area contributed by atoms with Crippen molar-refractivity contribution in [1.82, 2.24) is 24.7 Å². The topological polar surface area (TPSA) is 96.8 Å². The highest BCUT2D eigenvalue weighted by molar-refractivity contribution is 7.20. The summed E-state index contributed by atoms with van der Waals surface area (Å²) in [4.78, 5) is 48.2. The fourth-order valence-corrected chi connectivity index (χ4v) is 5.48. The standard InChI is InChI=1S/C22H31N5O4S/c1-15-5-3-4-7-27(15)17(28)13-26-14-24-21-18(22(26)30)16(2)19(32-21)20(29)23-6-8-25-9-11-31-12-10-25/h14-15H,3-13H2,1-2H3,(H,23,29). The molecule has 1 N–H and O–H groups in total. The van der Waals surface area contributed by atoms with Gasteiger partial charge in [-0.1, -0.05) is 0 Å². The number of nitrogens with one attached hydrogen (secondary N) is 1. The van der Waals surface area contributed by atoms with Crippen LogP contribution in [0.5, 0.6) is 0 Å². The molecule has 1 unspecified atom stereocenters. The number of aromatic nitrogens is 2. The number of hydrogen-bond donors (Lipinski definition) is 1. The van der Waals surface area contributed by atoms with Gasteiger partial charge in [-0.2, -0.15) is 0 Å². The van der Waals surface area contributed by atoms with Crippen molar-refractivity contribution in [3.63, 3.8) is 0 Å². The molecule has 0 aromatic carbocycles. The summed E-state index contributed by atoms with van der Waals surface area (Å²) in [7, 11) is 0. The molecule has 10 heteroatoms. The molecular weight excluding hydrogens is 430 g/mol. The number of carbonyl (C=O) groups is 2. The van der Waals surface area contributed by atoms with Crippen LogP contribution in [0, 0.1) is 6.92 Å². The second-order valence-electron chi connectivity index (χ2n) is 8.56. The van der Waals surface area contributed by atoms with E-state index in [2.05, 4.69) is 15.2 Å². The quantitative estimate of drug-likeness (QED) is 0.695. The lowest BCUT2D eigenvalue weighted by Gasteiger charge is -2.33. The van der Waals surface area contributed by atoms with Crippen LogP contribution in [0.1, 0.15) is 41.4 Å². The summed E-state index contributed by atoms with van der Waals surface area (Å²) >= 11 is 1.22. The smallest absolute Gasteiger partial charge is 0.262 e. The van der Waals surface area contributed by atoms with E-state index in [1.807, 2.05) is 11.8 Å². The molecule has 2 aromatic rings. The summed E-state index contributed by atoms with van der Waals surface area (Å²) in [6.07, 6.45) is 4.54. The Morgan fingerprint density at radius 3 is 2.78 bits per heavy atom. The van der Waals surface area contributed by atoms with Crippen LogP contribution in [0.3, 0.4) is 0 Å². The van der Waals surface area contributed by atoms with E-state index >= 15 is 0 Å². The van der Waals surface area contributed by atoms with Crippen molar-refractivity contribution in [3.8, 4) is 0 Å². The lowest BCUT2D eigenvalue weighted by molar-refractivity contribution is -0.135. The second-order valence-corrected chi connectivity index (χ2v) is 9.55. The number of amides is 2. The highest BCUT2D eigenvalue weighted by atomic mass is 32.1. The Morgan fingerprint density at radius 2 is 2.03 bits per heavy atom. The van der Waals surface area contributed by atoms with Gasteiger partial charge in [-0.15, -0.1) is 11.3 Å². The van der Waals surface area contributed by atoms with Crippen LogP contribution in [-0.2, 0) is 16.1 Å². The second kappa shape index (κ2) is 10.1. The fourth-order valence-electron chi connectivity index (χ4n) is 4.43. The van der Waals surface area contributed by atoms with Gasteiger partial charge in [-0.25, -0.2) is 4.98 Å². The monoisotopic (exact) mass is 461 g/mol. The summed E-state index contributed by atoms with van der Waals surface area (Å²) in [5, 5.41) is 3.38. The number of nitrogens with zero attached hydrogens (tertiary/aromatic N) is 4. The first-order valence-electron chi connectivity index (χ1n) is 11.3. The summed E-state index contributed by atoms with van der Waals surface area (Å²) < 4.78 is 6.71. The number of morpholine rings is 1. The average molecular weight is 462 g/mol. The van der Waals surface area contributed by atoms with Crippen LogP contribution in [0.4, 0.5) is 0 Å². The van der Waals surface area contributed by atoms with Crippen LogP contribution >= 0.6 is 11.3 Å². The van der Waals surface area contributed by atoms with Crippen molar-refractivity contribution >= 4 is 33.4 Å². The molecule has 0 spiro atoms. The van der Waals surface area contributed by atoms with Crippen molar-refractivity contribution in [2.45, 2.75) is 45.7 Å². The maximum Gasteiger partial charge on any atom is 0.262 e. The predicted octanol–water partition coefficient (Wildman–Crippen LogP) is 1.23. The van der Waals surface area contributed by atoms with Gasteiger partial charge in [0.25, 0.3) is 11.5 Å². The van der Waals surface area contributed by atoms with Crippen molar-refractivity contribution in [2.24, 2.45) is 0 Å². The molecule has 2 aliphatic rings. The van der Waals surface area contributed by atoms with Gasteiger partial charge in [0, 0.05) is 38.8 Å². The average Bonchev–Trinajstić information content (AvgIpc) is 3.13. The Morgan fingerprint density at radius 1 is 1.25 bits per heavy atom. The lowest BCUT2D eigenvalue weighted by Crippen LogP contribution is -2.44. The van der Waals surface area contributed by atoms with Crippen molar-refractivity contribution in [2.75, 3.05) is 45.9 Å². The zero-order chi connectivity index (χ0) is 22.7. The number of aryl methyl sites for hydroxylation is 1. The lowest BCUT2D eigenvalue weighted by atomic mass is 10.0. The molecule has 0 radical (unpaired) electrons. The van der Waals surface area contributed by atoms with Gasteiger partial charge < -0.3 is 15.0 Å². The van der Waals surface area contributed by atoms with Crippen molar-refractivity contribution in [1.29, 1.82) is 0 Å². The molecule has 2 saturated heterocycles. The first kappa shape index (κ1) is 22.9. The molecule has 32 heavy (non-hydrogen) atoms. The van der Waals surface area contributed by atoms with Gasteiger partial charge >= 0.3 is 0 Å². The third kappa shape index (κ3) is 4.87. The first-order valence-corrected chi connectivity index (χ1v) is 12.1. The number of likely N-dealkylation sites (tertiary alicyclic amines) is 1. The van der Waals surface area contributed by atoms with Crippen molar-refractivity contribution in [3.05, 3.63) is 27.1 Å². The molecule has 2 amide bonds. The number of hydrogen-bond acceptors (Lipinski definition) is 7. The number of carbonyl (C=O) groups excluding carboxylic acids is 2. The molecule has 2 aromatic heterocycles. The summed E-state index contributed by atoms with van der Waals surface area (Å²) in [6.45, 7) is 9.02. The molecular formula is C22H31N5O4S. The Labute approximate surface area is 191 Å². The molecule has 1 atom stereocenters. The minimum absolute atomic E-state index is 0.0253. The van der Waals surface area contributed by atoms with Gasteiger partial charge in [0.05, 0.1) is 29.8 Å². The minimum atomic E-state index is -0.269. The largest absolute Gasteiger partial charge is 0.379 e. The molecule has 2 aliphatic heterocycles. The van der Waals surface area contributed by atoms with Crippen LogP contribution in [0.2, 0.25) is 0 Å². The maximum absolute atomic E-state index is 13.1. The van der Waals surface area contributed by atoms with Gasteiger partial charge in [-0.05, 0) is 38.7 Å². The van der Waals surface area contributed by atoms with E-state index in [9.17, 15) is 14.4 Å². The highest BCUT2D eigenvalue weighted by Gasteiger charge is 2.25. The van der Waals surface area contributed by atoms with E-state index in [-0.39, 0.29) is 30.0 Å². The minimum Gasteiger partial charge on any atom is -0.379 e. The Kier molecular flexibility index (Phi) is 7.22. The van der Waals surface area contributed by atoms with Gasteiger partial charge in [0.15, 0.2) is 0 Å². The molecule has 0 aliphatic carbocycles.